The highest BCUT2D eigenvalue weighted by Gasteiger charge is 2.14. The maximum absolute atomic E-state index is 11.5. The zero-order valence-electron chi connectivity index (χ0n) is 12.2. The van der Waals surface area contributed by atoms with E-state index in [0.717, 1.165) is 10.8 Å². The predicted octanol–water partition coefficient (Wildman–Crippen LogP) is 2.71. The zero-order chi connectivity index (χ0) is 15.5. The lowest BCUT2D eigenvalue weighted by molar-refractivity contribution is 0.193. The number of benzene rings is 2. The number of sulfone groups is 1. The third-order valence-corrected chi connectivity index (χ3v) is 5.11. The van der Waals surface area contributed by atoms with Crippen LogP contribution in [0.2, 0.25) is 0 Å². The molecule has 0 heterocycles. The second-order valence-electron chi connectivity index (χ2n) is 4.97. The minimum Gasteiger partial charge on any atom is -0.491 e. The summed E-state index contributed by atoms with van der Waals surface area (Å²) in [6.07, 6.45) is -0.674. The Morgan fingerprint density at radius 1 is 1.19 bits per heavy atom. The normalized spacial score (nSPS) is 13.3. The summed E-state index contributed by atoms with van der Waals surface area (Å²) >= 11 is 0. The van der Waals surface area contributed by atoms with Gasteiger partial charge in [0.25, 0.3) is 0 Å². The summed E-state index contributed by atoms with van der Waals surface area (Å²) in [5.74, 6) is 0.649. The average Bonchev–Trinajstić information content (AvgIpc) is 2.47. The number of ether oxygens (including phenoxy) is 1. The fraction of sp³-hybridized carbons (Fsp3) is 0.375. The molecule has 0 aromatic heterocycles. The SMILES string of the molecule is CCS(=O)(=O)CCOc1c([C@@H](C)O)ccc2ccccc12. The Morgan fingerprint density at radius 3 is 2.57 bits per heavy atom. The number of fused-ring (bicyclic) bond motifs is 1. The van der Waals surface area contributed by atoms with Crippen LogP contribution >= 0.6 is 0 Å². The van der Waals surface area contributed by atoms with E-state index in [-0.39, 0.29) is 18.1 Å². The topological polar surface area (TPSA) is 63.6 Å². The van der Waals surface area contributed by atoms with Gasteiger partial charge in [0.05, 0.1) is 11.9 Å². The molecule has 21 heavy (non-hydrogen) atoms. The van der Waals surface area contributed by atoms with E-state index in [9.17, 15) is 13.5 Å². The minimum absolute atomic E-state index is 0.0219. The highest BCUT2D eigenvalue weighted by atomic mass is 32.2. The molecule has 4 nitrogen and oxygen atoms in total. The first-order valence-electron chi connectivity index (χ1n) is 6.97. The van der Waals surface area contributed by atoms with Crippen molar-refractivity contribution < 1.29 is 18.3 Å². The summed E-state index contributed by atoms with van der Waals surface area (Å²) in [5.41, 5.74) is 0.669. The second-order valence-corrected chi connectivity index (χ2v) is 7.44. The van der Waals surface area contributed by atoms with Crippen molar-refractivity contribution in [3.63, 3.8) is 0 Å². The van der Waals surface area contributed by atoms with Crippen molar-refractivity contribution in [3.8, 4) is 5.75 Å². The van der Waals surface area contributed by atoms with Gasteiger partial charge in [0.2, 0.25) is 0 Å². The largest absolute Gasteiger partial charge is 0.491 e. The zero-order valence-corrected chi connectivity index (χ0v) is 13.1. The highest BCUT2D eigenvalue weighted by Crippen LogP contribution is 2.33. The molecule has 0 aliphatic carbocycles. The molecule has 1 N–H and O–H groups in total. The number of hydrogen-bond acceptors (Lipinski definition) is 4. The van der Waals surface area contributed by atoms with Gasteiger partial charge in [-0.1, -0.05) is 43.3 Å². The Morgan fingerprint density at radius 2 is 1.90 bits per heavy atom. The standard InChI is InChI=1S/C16H20O4S/c1-3-21(18,19)11-10-20-16-14(12(2)17)9-8-13-6-4-5-7-15(13)16/h4-9,12,17H,3,10-11H2,1-2H3/t12-/m1/s1. The molecular weight excluding hydrogens is 288 g/mol. The molecule has 0 unspecified atom stereocenters. The molecule has 1 atom stereocenters. The summed E-state index contributed by atoms with van der Waals surface area (Å²) in [4.78, 5) is 0. The van der Waals surface area contributed by atoms with E-state index in [4.69, 9.17) is 4.74 Å². The van der Waals surface area contributed by atoms with Gasteiger partial charge in [-0.15, -0.1) is 0 Å². The van der Waals surface area contributed by atoms with E-state index >= 15 is 0 Å². The van der Waals surface area contributed by atoms with Crippen molar-refractivity contribution in [1.29, 1.82) is 0 Å². The molecule has 0 spiro atoms. The van der Waals surface area contributed by atoms with Gasteiger partial charge in [-0.3, -0.25) is 0 Å². The third kappa shape index (κ3) is 3.74. The fourth-order valence-electron chi connectivity index (χ4n) is 2.16. The summed E-state index contributed by atoms with van der Waals surface area (Å²) in [6, 6.07) is 11.4. The predicted molar refractivity (Wildman–Crippen MR) is 84.4 cm³/mol. The number of hydrogen-bond donors (Lipinski definition) is 1. The molecule has 2 aromatic rings. The first-order valence-corrected chi connectivity index (χ1v) is 8.79. The summed E-state index contributed by atoms with van der Waals surface area (Å²) in [5, 5.41) is 11.7. The van der Waals surface area contributed by atoms with Gasteiger partial charge in [-0.2, -0.15) is 0 Å². The smallest absolute Gasteiger partial charge is 0.153 e. The summed E-state index contributed by atoms with van der Waals surface area (Å²) < 4.78 is 28.8. The van der Waals surface area contributed by atoms with Crippen LogP contribution in [-0.2, 0) is 9.84 Å². The molecule has 0 saturated heterocycles. The minimum atomic E-state index is -3.06. The van der Waals surface area contributed by atoms with Crippen LogP contribution in [0.3, 0.4) is 0 Å². The fourth-order valence-corrected chi connectivity index (χ4v) is 2.79. The highest BCUT2D eigenvalue weighted by molar-refractivity contribution is 7.91. The van der Waals surface area contributed by atoms with Crippen molar-refractivity contribution in [2.75, 3.05) is 18.1 Å². The van der Waals surface area contributed by atoms with Crippen LogP contribution in [0.4, 0.5) is 0 Å². The van der Waals surface area contributed by atoms with Gasteiger partial charge >= 0.3 is 0 Å². The van der Waals surface area contributed by atoms with E-state index in [2.05, 4.69) is 0 Å². The Bertz CT molecular complexity index is 720. The number of aliphatic hydroxyl groups excluding tert-OH is 1. The van der Waals surface area contributed by atoms with E-state index in [0.29, 0.717) is 11.3 Å². The van der Waals surface area contributed by atoms with Crippen molar-refractivity contribution in [2.24, 2.45) is 0 Å². The molecule has 114 valence electrons. The molecule has 0 aliphatic heterocycles. The molecule has 2 rings (SSSR count). The van der Waals surface area contributed by atoms with Crippen molar-refractivity contribution >= 4 is 20.6 Å². The third-order valence-electron chi connectivity index (χ3n) is 3.44. The Labute approximate surface area is 125 Å². The van der Waals surface area contributed by atoms with Gasteiger partial charge in [0.1, 0.15) is 12.4 Å². The lowest BCUT2D eigenvalue weighted by Gasteiger charge is -2.16. The van der Waals surface area contributed by atoms with Crippen molar-refractivity contribution in [1.82, 2.24) is 0 Å². The van der Waals surface area contributed by atoms with E-state index in [1.807, 2.05) is 36.4 Å². The maximum atomic E-state index is 11.5. The average molecular weight is 308 g/mol. The first-order chi connectivity index (χ1) is 9.94. The van der Waals surface area contributed by atoms with Gasteiger partial charge in [0.15, 0.2) is 9.84 Å². The van der Waals surface area contributed by atoms with Crippen LogP contribution in [0.25, 0.3) is 10.8 Å². The van der Waals surface area contributed by atoms with E-state index in [1.165, 1.54) is 0 Å². The molecule has 5 heteroatoms. The number of aliphatic hydroxyl groups is 1. The first kappa shape index (κ1) is 15.8. The summed E-state index contributed by atoms with van der Waals surface area (Å²) in [6.45, 7) is 3.37. The number of rotatable bonds is 6. The van der Waals surface area contributed by atoms with Gasteiger partial charge in [-0.05, 0) is 12.3 Å². The van der Waals surface area contributed by atoms with Crippen LogP contribution in [0, 0.1) is 0 Å². The van der Waals surface area contributed by atoms with Crippen molar-refractivity contribution in [2.45, 2.75) is 20.0 Å². The van der Waals surface area contributed by atoms with Crippen molar-refractivity contribution in [3.05, 3.63) is 42.0 Å². The maximum Gasteiger partial charge on any atom is 0.153 e. The van der Waals surface area contributed by atoms with Crippen LogP contribution in [0.15, 0.2) is 36.4 Å². The van der Waals surface area contributed by atoms with Crippen LogP contribution in [0.5, 0.6) is 5.75 Å². The summed E-state index contributed by atoms with van der Waals surface area (Å²) in [7, 11) is -3.06. The molecule has 0 fully saturated rings. The lowest BCUT2D eigenvalue weighted by Crippen LogP contribution is -2.16. The molecule has 0 radical (unpaired) electrons. The van der Waals surface area contributed by atoms with Crippen LogP contribution in [-0.4, -0.2) is 31.6 Å². The molecule has 0 aliphatic rings. The second kappa shape index (κ2) is 6.45. The Kier molecular flexibility index (Phi) is 4.85. The van der Waals surface area contributed by atoms with E-state index < -0.39 is 15.9 Å². The van der Waals surface area contributed by atoms with Crippen LogP contribution in [0.1, 0.15) is 25.5 Å². The molecule has 0 saturated carbocycles. The van der Waals surface area contributed by atoms with Gasteiger partial charge < -0.3 is 9.84 Å². The molecule has 0 bridgehead atoms. The monoisotopic (exact) mass is 308 g/mol. The quantitative estimate of drug-likeness (QED) is 0.891. The van der Waals surface area contributed by atoms with Gasteiger partial charge in [-0.25, -0.2) is 8.42 Å². The molecule has 2 aromatic carbocycles. The van der Waals surface area contributed by atoms with Crippen LogP contribution < -0.4 is 4.74 Å². The van der Waals surface area contributed by atoms with E-state index in [1.54, 1.807) is 13.8 Å². The molecule has 0 amide bonds. The Hall–Kier alpha value is -1.59. The molecular formula is C16H20O4S. The lowest BCUT2D eigenvalue weighted by atomic mass is 10.0. The van der Waals surface area contributed by atoms with Gasteiger partial charge in [0, 0.05) is 16.7 Å². The Balaban J connectivity index is 2.34.